The minimum Gasteiger partial charge on any atom is -0.373 e. The summed E-state index contributed by atoms with van der Waals surface area (Å²) in [6.45, 7) is 21.2. The number of rotatable bonds is 10. The van der Waals surface area contributed by atoms with Crippen LogP contribution in [0, 0.1) is 17.8 Å². The molecule has 3 nitrogen and oxygen atoms in total. The van der Waals surface area contributed by atoms with Crippen LogP contribution >= 0.6 is 0 Å². The zero-order chi connectivity index (χ0) is 19.3. The van der Waals surface area contributed by atoms with E-state index in [4.69, 9.17) is 4.74 Å². The van der Waals surface area contributed by atoms with Gasteiger partial charge in [0.15, 0.2) is 0 Å². The van der Waals surface area contributed by atoms with Gasteiger partial charge in [0.1, 0.15) is 0 Å². The molecule has 0 saturated carbocycles. The smallest absolute Gasteiger partial charge is 0.0832 e. The Balaban J connectivity index is 1.60. The highest BCUT2D eigenvalue weighted by molar-refractivity contribution is 4.85. The maximum atomic E-state index is 5.89. The van der Waals surface area contributed by atoms with Gasteiger partial charge in [-0.05, 0) is 97.6 Å². The van der Waals surface area contributed by atoms with Gasteiger partial charge in [-0.2, -0.15) is 0 Å². The molecule has 0 aromatic carbocycles. The summed E-state index contributed by atoms with van der Waals surface area (Å²) in [5.41, 5.74) is 0. The van der Waals surface area contributed by atoms with Crippen LogP contribution in [0.5, 0.6) is 0 Å². The number of hydrogen-bond donors (Lipinski definition) is 0. The monoisotopic (exact) mass is 366 g/mol. The molecule has 2 fully saturated rings. The van der Waals surface area contributed by atoms with Crippen LogP contribution in [-0.2, 0) is 4.74 Å². The van der Waals surface area contributed by atoms with Crippen LogP contribution in [0.15, 0.2) is 0 Å². The largest absolute Gasteiger partial charge is 0.373 e. The van der Waals surface area contributed by atoms with Crippen molar-refractivity contribution in [2.75, 3.05) is 26.2 Å². The predicted molar refractivity (Wildman–Crippen MR) is 113 cm³/mol. The third kappa shape index (κ3) is 6.80. The van der Waals surface area contributed by atoms with Gasteiger partial charge >= 0.3 is 0 Å². The number of nitrogens with zero attached hydrogens (tertiary/aromatic N) is 2. The van der Waals surface area contributed by atoms with Crippen molar-refractivity contribution in [2.45, 2.75) is 105 Å². The van der Waals surface area contributed by atoms with Crippen molar-refractivity contribution in [1.29, 1.82) is 0 Å². The third-order valence-electron chi connectivity index (χ3n) is 7.06. The Bertz CT molecular complexity index is 384. The number of piperidine rings is 1. The van der Waals surface area contributed by atoms with Gasteiger partial charge in [-0.1, -0.05) is 13.8 Å². The van der Waals surface area contributed by atoms with Crippen LogP contribution in [0.3, 0.4) is 0 Å². The zero-order valence-corrected chi connectivity index (χ0v) is 18.7. The van der Waals surface area contributed by atoms with E-state index >= 15 is 0 Å². The summed E-state index contributed by atoms with van der Waals surface area (Å²) in [5, 5.41) is 0. The summed E-state index contributed by atoms with van der Waals surface area (Å²) >= 11 is 0. The van der Waals surface area contributed by atoms with Gasteiger partial charge in [0.2, 0.25) is 0 Å². The normalized spacial score (nSPS) is 24.8. The predicted octanol–water partition coefficient (Wildman–Crippen LogP) is 5.05. The molecule has 0 aromatic heterocycles. The maximum Gasteiger partial charge on any atom is 0.0832 e. The summed E-state index contributed by atoms with van der Waals surface area (Å²) in [5.74, 6) is 2.68. The van der Waals surface area contributed by atoms with E-state index in [1.54, 1.807) is 0 Å². The molecule has 0 radical (unpaired) electrons. The first-order valence-electron chi connectivity index (χ1n) is 11.4. The van der Waals surface area contributed by atoms with E-state index in [1.807, 2.05) is 0 Å². The van der Waals surface area contributed by atoms with Crippen LogP contribution in [0.1, 0.15) is 80.6 Å². The Morgan fingerprint density at radius 2 is 1.42 bits per heavy atom. The lowest BCUT2D eigenvalue weighted by Gasteiger charge is -2.44. The first kappa shape index (κ1) is 22.2. The van der Waals surface area contributed by atoms with E-state index in [1.165, 1.54) is 45.2 Å². The van der Waals surface area contributed by atoms with Crippen molar-refractivity contribution in [1.82, 2.24) is 9.80 Å². The van der Waals surface area contributed by atoms with E-state index < -0.39 is 0 Å². The SMILES string of the molecule is CC(C)OC1CN(C(C)CCC(C)C(C)CC2CCN(C(C)C)CC2)C1. The van der Waals surface area contributed by atoms with Gasteiger partial charge < -0.3 is 9.64 Å². The van der Waals surface area contributed by atoms with Crippen LogP contribution in [-0.4, -0.2) is 60.3 Å². The second-order valence-electron chi connectivity index (χ2n) is 9.95. The standard InChI is InChI=1S/C23H46N2O/c1-17(2)24-12-10-22(11-13-24)14-20(6)19(5)8-9-21(7)25-15-23(16-25)26-18(3)4/h17-23H,8-16H2,1-7H3. The number of hydrogen-bond acceptors (Lipinski definition) is 3. The number of ether oxygens (including phenoxy) is 1. The number of likely N-dealkylation sites (tertiary alicyclic amines) is 2. The van der Waals surface area contributed by atoms with Crippen molar-refractivity contribution < 1.29 is 4.74 Å². The minimum absolute atomic E-state index is 0.366. The molecule has 3 heteroatoms. The molecule has 0 bridgehead atoms. The summed E-state index contributed by atoms with van der Waals surface area (Å²) in [6, 6.07) is 1.44. The average Bonchev–Trinajstić information content (AvgIpc) is 2.55. The molecule has 154 valence electrons. The molecule has 2 heterocycles. The van der Waals surface area contributed by atoms with E-state index in [9.17, 15) is 0 Å². The van der Waals surface area contributed by atoms with Crippen LogP contribution in [0.2, 0.25) is 0 Å². The minimum atomic E-state index is 0.366. The van der Waals surface area contributed by atoms with E-state index in [2.05, 4.69) is 58.3 Å². The summed E-state index contributed by atoms with van der Waals surface area (Å²) in [4.78, 5) is 5.25. The molecule has 26 heavy (non-hydrogen) atoms. The van der Waals surface area contributed by atoms with E-state index in [0.29, 0.717) is 18.2 Å². The zero-order valence-electron chi connectivity index (χ0n) is 18.7. The second-order valence-corrected chi connectivity index (χ2v) is 9.95. The molecule has 3 atom stereocenters. The summed E-state index contributed by atoms with van der Waals surface area (Å²) in [6.07, 6.45) is 7.82. The first-order chi connectivity index (χ1) is 12.3. The lowest BCUT2D eigenvalue weighted by atomic mass is 9.80. The molecule has 0 spiro atoms. The highest BCUT2D eigenvalue weighted by Gasteiger charge is 2.31. The fourth-order valence-electron chi connectivity index (χ4n) is 4.73. The molecule has 0 amide bonds. The third-order valence-corrected chi connectivity index (χ3v) is 7.06. The molecule has 2 saturated heterocycles. The quantitative estimate of drug-likeness (QED) is 0.538. The molecule has 2 rings (SSSR count). The molecular weight excluding hydrogens is 320 g/mol. The molecule has 0 N–H and O–H groups in total. The van der Waals surface area contributed by atoms with Gasteiger partial charge in [-0.25, -0.2) is 0 Å². The van der Waals surface area contributed by atoms with Gasteiger partial charge in [-0.15, -0.1) is 0 Å². The Morgan fingerprint density at radius 1 is 0.808 bits per heavy atom. The van der Waals surface area contributed by atoms with Crippen molar-refractivity contribution in [2.24, 2.45) is 17.8 Å². The molecule has 0 aliphatic carbocycles. The van der Waals surface area contributed by atoms with Gasteiger partial charge in [0, 0.05) is 25.2 Å². The van der Waals surface area contributed by atoms with Crippen molar-refractivity contribution >= 4 is 0 Å². The van der Waals surface area contributed by atoms with E-state index in [-0.39, 0.29) is 0 Å². The van der Waals surface area contributed by atoms with E-state index in [0.717, 1.165) is 36.9 Å². The lowest BCUT2D eigenvalue weighted by Crippen LogP contribution is -2.56. The van der Waals surface area contributed by atoms with Crippen molar-refractivity contribution in [3.8, 4) is 0 Å². The fraction of sp³-hybridized carbons (Fsp3) is 1.00. The highest BCUT2D eigenvalue weighted by atomic mass is 16.5. The molecule has 2 aliphatic heterocycles. The topological polar surface area (TPSA) is 15.7 Å². The van der Waals surface area contributed by atoms with Crippen molar-refractivity contribution in [3.05, 3.63) is 0 Å². The highest BCUT2D eigenvalue weighted by Crippen LogP contribution is 2.31. The van der Waals surface area contributed by atoms with Crippen LogP contribution in [0.25, 0.3) is 0 Å². The Hall–Kier alpha value is -0.120. The summed E-state index contributed by atoms with van der Waals surface area (Å²) < 4.78 is 5.89. The molecule has 2 aliphatic rings. The average molecular weight is 367 g/mol. The van der Waals surface area contributed by atoms with Crippen LogP contribution in [0.4, 0.5) is 0 Å². The molecule has 0 aromatic rings. The Labute approximate surface area is 163 Å². The van der Waals surface area contributed by atoms with Crippen molar-refractivity contribution in [3.63, 3.8) is 0 Å². The van der Waals surface area contributed by atoms with Gasteiger partial charge in [-0.3, -0.25) is 4.90 Å². The first-order valence-corrected chi connectivity index (χ1v) is 11.4. The molecular formula is C23H46N2O. The summed E-state index contributed by atoms with van der Waals surface area (Å²) in [7, 11) is 0. The van der Waals surface area contributed by atoms with Gasteiger partial charge in [0.25, 0.3) is 0 Å². The Kier molecular flexibility index (Phi) is 8.90. The van der Waals surface area contributed by atoms with Gasteiger partial charge in [0.05, 0.1) is 12.2 Å². The second kappa shape index (κ2) is 10.4. The molecule has 3 unspecified atom stereocenters. The maximum absolute atomic E-state index is 5.89. The fourth-order valence-corrected chi connectivity index (χ4v) is 4.73. The Morgan fingerprint density at radius 3 is 1.96 bits per heavy atom. The lowest BCUT2D eigenvalue weighted by molar-refractivity contribution is -0.0940. The van der Waals surface area contributed by atoms with Crippen LogP contribution < -0.4 is 0 Å².